The maximum atomic E-state index is 5.63. The summed E-state index contributed by atoms with van der Waals surface area (Å²) in [6, 6.07) is 8.24. The van der Waals surface area contributed by atoms with Crippen molar-refractivity contribution in [2.24, 2.45) is 10.4 Å². The number of ether oxygens (including phenoxy) is 2. The Balaban J connectivity index is 0.00000225. The Labute approximate surface area is 168 Å². The number of hydrogen-bond donors (Lipinski definition) is 1. The minimum Gasteiger partial charge on any atom is -0.497 e. The van der Waals surface area contributed by atoms with E-state index in [9.17, 15) is 0 Å². The number of nitrogens with one attached hydrogen (secondary N) is 1. The Morgan fingerprint density at radius 2 is 2.12 bits per heavy atom. The van der Waals surface area contributed by atoms with E-state index in [-0.39, 0.29) is 24.0 Å². The number of rotatable bonds is 5. The molecule has 0 aromatic heterocycles. The van der Waals surface area contributed by atoms with Gasteiger partial charge in [0, 0.05) is 38.2 Å². The van der Waals surface area contributed by atoms with Crippen LogP contribution in [0.15, 0.2) is 29.3 Å². The van der Waals surface area contributed by atoms with Crippen molar-refractivity contribution in [1.82, 2.24) is 10.2 Å². The van der Waals surface area contributed by atoms with Crippen molar-refractivity contribution in [3.8, 4) is 5.75 Å². The van der Waals surface area contributed by atoms with Crippen LogP contribution in [0.5, 0.6) is 5.75 Å². The van der Waals surface area contributed by atoms with E-state index in [2.05, 4.69) is 29.3 Å². The highest BCUT2D eigenvalue weighted by Crippen LogP contribution is 2.38. The summed E-state index contributed by atoms with van der Waals surface area (Å²) in [5.41, 5.74) is 1.66. The first-order valence-electron chi connectivity index (χ1n) is 8.99. The first-order valence-corrected chi connectivity index (χ1v) is 8.99. The third-order valence-corrected chi connectivity index (χ3v) is 5.08. The van der Waals surface area contributed by atoms with Crippen LogP contribution in [0.25, 0.3) is 0 Å². The van der Waals surface area contributed by atoms with Crippen LogP contribution in [0.4, 0.5) is 0 Å². The standard InChI is InChI=1S/C19H29N3O2.HI/c1-3-20-18(22-12-9-19(14-22)10-13-24-15-19)21-11-8-16-4-6-17(23-2)7-5-16;/h4-7H,3,8-15H2,1-2H3,(H,20,21);1H. The van der Waals surface area contributed by atoms with Crippen molar-refractivity contribution in [2.75, 3.05) is 46.5 Å². The molecule has 2 aliphatic heterocycles. The third-order valence-electron chi connectivity index (χ3n) is 5.08. The first kappa shape index (κ1) is 20.3. The van der Waals surface area contributed by atoms with E-state index < -0.39 is 0 Å². The zero-order valence-corrected chi connectivity index (χ0v) is 17.6. The molecule has 0 aliphatic carbocycles. The van der Waals surface area contributed by atoms with Crippen LogP contribution in [-0.2, 0) is 11.2 Å². The van der Waals surface area contributed by atoms with Crippen LogP contribution in [0.1, 0.15) is 25.3 Å². The van der Waals surface area contributed by atoms with Crippen LogP contribution in [0, 0.1) is 5.41 Å². The second-order valence-electron chi connectivity index (χ2n) is 6.81. The fraction of sp³-hybridized carbons (Fsp3) is 0.632. The van der Waals surface area contributed by atoms with Crippen LogP contribution >= 0.6 is 24.0 Å². The van der Waals surface area contributed by atoms with Gasteiger partial charge >= 0.3 is 0 Å². The van der Waals surface area contributed by atoms with Crippen LogP contribution in [-0.4, -0.2) is 57.4 Å². The average Bonchev–Trinajstić information content (AvgIpc) is 3.25. The number of nitrogens with zero attached hydrogens (tertiary/aromatic N) is 2. The Kier molecular flexibility index (Phi) is 7.81. The van der Waals surface area contributed by atoms with E-state index in [0.29, 0.717) is 5.41 Å². The van der Waals surface area contributed by atoms with Gasteiger partial charge < -0.3 is 19.7 Å². The molecule has 1 aromatic carbocycles. The molecule has 0 saturated carbocycles. The first-order chi connectivity index (χ1) is 11.7. The van der Waals surface area contributed by atoms with E-state index in [4.69, 9.17) is 14.5 Å². The predicted octanol–water partition coefficient (Wildman–Crippen LogP) is 2.93. The SMILES string of the molecule is CCNC(=NCCc1ccc(OC)cc1)N1CCC2(CCOC2)C1.I. The molecule has 5 nitrogen and oxygen atoms in total. The Hall–Kier alpha value is -1.02. The molecule has 2 fully saturated rings. The molecular formula is C19H30IN3O2. The van der Waals surface area contributed by atoms with Crippen molar-refractivity contribution in [1.29, 1.82) is 0 Å². The monoisotopic (exact) mass is 459 g/mol. The second-order valence-corrected chi connectivity index (χ2v) is 6.81. The van der Waals surface area contributed by atoms with Crippen LogP contribution < -0.4 is 10.1 Å². The summed E-state index contributed by atoms with van der Waals surface area (Å²) in [6.07, 6.45) is 3.35. The number of hydrogen-bond acceptors (Lipinski definition) is 3. The summed E-state index contributed by atoms with van der Waals surface area (Å²) in [5.74, 6) is 1.95. The summed E-state index contributed by atoms with van der Waals surface area (Å²) in [5, 5.41) is 3.45. The fourth-order valence-electron chi connectivity index (χ4n) is 3.60. The number of halogens is 1. The Bertz CT molecular complexity index is 556. The molecule has 0 radical (unpaired) electrons. The van der Waals surface area contributed by atoms with Gasteiger partial charge in [0.25, 0.3) is 0 Å². The molecule has 25 heavy (non-hydrogen) atoms. The fourth-order valence-corrected chi connectivity index (χ4v) is 3.60. The zero-order chi connectivity index (χ0) is 16.8. The van der Waals surface area contributed by atoms with Gasteiger partial charge in [0.05, 0.1) is 13.7 Å². The highest BCUT2D eigenvalue weighted by molar-refractivity contribution is 14.0. The van der Waals surface area contributed by atoms with Gasteiger partial charge in [-0.25, -0.2) is 0 Å². The second kappa shape index (κ2) is 9.62. The molecule has 2 heterocycles. The number of benzene rings is 1. The summed E-state index contributed by atoms with van der Waals surface area (Å²) in [4.78, 5) is 7.26. The molecule has 2 saturated heterocycles. The minimum absolute atomic E-state index is 0. The Morgan fingerprint density at radius 1 is 1.32 bits per heavy atom. The summed E-state index contributed by atoms with van der Waals surface area (Å²) in [7, 11) is 1.69. The van der Waals surface area contributed by atoms with Gasteiger partial charge in [-0.05, 0) is 43.9 Å². The summed E-state index contributed by atoms with van der Waals surface area (Å²) < 4.78 is 10.8. The van der Waals surface area contributed by atoms with Crippen molar-refractivity contribution < 1.29 is 9.47 Å². The topological polar surface area (TPSA) is 46.1 Å². The van der Waals surface area contributed by atoms with Crippen LogP contribution in [0.3, 0.4) is 0 Å². The van der Waals surface area contributed by atoms with Gasteiger partial charge in [-0.15, -0.1) is 24.0 Å². The largest absolute Gasteiger partial charge is 0.497 e. The minimum atomic E-state index is 0. The quantitative estimate of drug-likeness (QED) is 0.418. The van der Waals surface area contributed by atoms with Gasteiger partial charge in [-0.3, -0.25) is 4.99 Å². The van der Waals surface area contributed by atoms with Gasteiger partial charge in [0.1, 0.15) is 5.75 Å². The zero-order valence-electron chi connectivity index (χ0n) is 15.3. The lowest BCUT2D eigenvalue weighted by Gasteiger charge is -2.25. The maximum Gasteiger partial charge on any atom is 0.193 e. The third kappa shape index (κ3) is 5.23. The summed E-state index contributed by atoms with van der Waals surface area (Å²) >= 11 is 0. The number of likely N-dealkylation sites (tertiary alicyclic amines) is 1. The average molecular weight is 459 g/mol. The van der Waals surface area contributed by atoms with E-state index >= 15 is 0 Å². The summed E-state index contributed by atoms with van der Waals surface area (Å²) in [6.45, 7) is 7.81. The van der Waals surface area contributed by atoms with E-state index in [1.165, 1.54) is 18.4 Å². The molecule has 1 atom stereocenters. The van der Waals surface area contributed by atoms with Gasteiger partial charge in [0.15, 0.2) is 5.96 Å². The number of aliphatic imine (C=N–C) groups is 1. The van der Waals surface area contributed by atoms with Crippen molar-refractivity contribution >= 4 is 29.9 Å². The molecule has 1 aromatic rings. The molecule has 1 unspecified atom stereocenters. The van der Waals surface area contributed by atoms with Crippen molar-refractivity contribution in [3.05, 3.63) is 29.8 Å². The molecule has 6 heteroatoms. The van der Waals surface area contributed by atoms with E-state index in [0.717, 1.165) is 57.5 Å². The van der Waals surface area contributed by atoms with E-state index in [1.807, 2.05) is 12.1 Å². The Morgan fingerprint density at radius 3 is 2.76 bits per heavy atom. The van der Waals surface area contributed by atoms with Crippen LogP contribution in [0.2, 0.25) is 0 Å². The molecule has 1 spiro atoms. The lowest BCUT2D eigenvalue weighted by Crippen LogP contribution is -2.41. The van der Waals surface area contributed by atoms with Crippen molar-refractivity contribution in [3.63, 3.8) is 0 Å². The van der Waals surface area contributed by atoms with Gasteiger partial charge in [-0.1, -0.05) is 12.1 Å². The highest BCUT2D eigenvalue weighted by Gasteiger charge is 2.42. The highest BCUT2D eigenvalue weighted by atomic mass is 127. The van der Waals surface area contributed by atoms with E-state index in [1.54, 1.807) is 7.11 Å². The van der Waals surface area contributed by atoms with Gasteiger partial charge in [-0.2, -0.15) is 0 Å². The smallest absolute Gasteiger partial charge is 0.193 e. The van der Waals surface area contributed by atoms with Gasteiger partial charge in [0.2, 0.25) is 0 Å². The number of methoxy groups -OCH3 is 1. The normalized spacial score (nSPS) is 23.0. The molecule has 1 N–H and O–H groups in total. The lowest BCUT2D eigenvalue weighted by atomic mass is 9.87. The lowest BCUT2D eigenvalue weighted by molar-refractivity contribution is 0.156. The molecule has 3 rings (SSSR count). The molecular weight excluding hydrogens is 429 g/mol. The van der Waals surface area contributed by atoms with Crippen molar-refractivity contribution in [2.45, 2.75) is 26.2 Å². The molecule has 140 valence electrons. The maximum absolute atomic E-state index is 5.63. The predicted molar refractivity (Wildman–Crippen MR) is 112 cm³/mol. The number of guanidine groups is 1. The molecule has 0 amide bonds. The molecule has 0 bridgehead atoms. The molecule has 2 aliphatic rings.